The van der Waals surface area contributed by atoms with Crippen LogP contribution in [0.1, 0.15) is 55.0 Å². The molecule has 0 saturated carbocycles. The van der Waals surface area contributed by atoms with E-state index in [0.29, 0.717) is 0 Å². The molecule has 3 rings (SSSR count). The molecule has 0 heterocycles. The Morgan fingerprint density at radius 2 is 1.76 bits per heavy atom. The highest BCUT2D eigenvalue weighted by Gasteiger charge is 2.19. The largest absolute Gasteiger partial charge is 0.481 e. The van der Waals surface area contributed by atoms with Gasteiger partial charge < -0.3 is 10.1 Å². The van der Waals surface area contributed by atoms with Crippen LogP contribution in [0.2, 0.25) is 0 Å². The summed E-state index contributed by atoms with van der Waals surface area (Å²) < 4.78 is 5.90. The van der Waals surface area contributed by atoms with Crippen LogP contribution < -0.4 is 10.1 Å². The summed E-state index contributed by atoms with van der Waals surface area (Å²) in [4.78, 5) is 12.5. The minimum absolute atomic E-state index is 0.0386. The van der Waals surface area contributed by atoms with Crippen molar-refractivity contribution in [2.75, 3.05) is 0 Å². The van der Waals surface area contributed by atoms with Gasteiger partial charge in [-0.05, 0) is 80.8 Å². The minimum Gasteiger partial charge on any atom is -0.481 e. The lowest BCUT2D eigenvalue weighted by molar-refractivity contribution is -0.127. The summed E-state index contributed by atoms with van der Waals surface area (Å²) >= 11 is 0. The van der Waals surface area contributed by atoms with E-state index in [-0.39, 0.29) is 11.9 Å². The van der Waals surface area contributed by atoms with Crippen molar-refractivity contribution in [1.29, 1.82) is 0 Å². The first-order chi connectivity index (χ1) is 12.0. The maximum absolute atomic E-state index is 12.5. The Hall–Kier alpha value is -2.29. The minimum atomic E-state index is -0.520. The third kappa shape index (κ3) is 4.22. The molecule has 0 fully saturated rings. The number of nitrogens with one attached hydrogen (secondary N) is 1. The maximum atomic E-state index is 12.5. The molecule has 1 aliphatic rings. The molecule has 132 valence electrons. The zero-order chi connectivity index (χ0) is 17.8. The zero-order valence-corrected chi connectivity index (χ0v) is 15.3. The van der Waals surface area contributed by atoms with Gasteiger partial charge in [-0.3, -0.25) is 4.79 Å². The molecule has 2 aromatic carbocycles. The van der Waals surface area contributed by atoms with E-state index in [1.54, 1.807) is 6.92 Å². The highest BCUT2D eigenvalue weighted by Crippen LogP contribution is 2.26. The second-order valence-electron chi connectivity index (χ2n) is 6.98. The van der Waals surface area contributed by atoms with Crippen LogP contribution in [0.25, 0.3) is 0 Å². The summed E-state index contributed by atoms with van der Waals surface area (Å²) in [5.41, 5.74) is 5.10. The predicted octanol–water partition coefficient (Wildman–Crippen LogP) is 4.52. The van der Waals surface area contributed by atoms with Crippen LogP contribution in [0.3, 0.4) is 0 Å². The van der Waals surface area contributed by atoms with Gasteiger partial charge in [-0.2, -0.15) is 0 Å². The van der Waals surface area contributed by atoms with E-state index >= 15 is 0 Å². The van der Waals surface area contributed by atoms with Gasteiger partial charge in [-0.1, -0.05) is 30.3 Å². The van der Waals surface area contributed by atoms with Gasteiger partial charge >= 0.3 is 0 Å². The summed E-state index contributed by atoms with van der Waals surface area (Å²) in [5, 5.41) is 3.06. The van der Waals surface area contributed by atoms with Gasteiger partial charge in [0, 0.05) is 0 Å². The second kappa shape index (κ2) is 7.73. The van der Waals surface area contributed by atoms with Crippen LogP contribution in [0.5, 0.6) is 5.75 Å². The lowest BCUT2D eigenvalue weighted by atomic mass is 9.92. The fourth-order valence-corrected chi connectivity index (χ4v) is 3.52. The Bertz CT molecular complexity index is 753. The number of benzene rings is 2. The number of carbonyl (C=O) groups is 1. The summed E-state index contributed by atoms with van der Waals surface area (Å²) in [5.74, 6) is 0.695. The molecule has 3 nitrogen and oxygen atoms in total. The van der Waals surface area contributed by atoms with E-state index in [9.17, 15) is 4.79 Å². The summed E-state index contributed by atoms with van der Waals surface area (Å²) in [6.45, 7) is 5.87. The first kappa shape index (κ1) is 17.5. The molecule has 0 spiro atoms. The Morgan fingerprint density at radius 1 is 1.04 bits per heavy atom. The van der Waals surface area contributed by atoms with Crippen molar-refractivity contribution in [1.82, 2.24) is 5.32 Å². The van der Waals surface area contributed by atoms with Crippen LogP contribution in [0.4, 0.5) is 0 Å². The van der Waals surface area contributed by atoms with Crippen molar-refractivity contribution >= 4 is 5.91 Å². The number of aryl methyl sites for hydroxylation is 3. The van der Waals surface area contributed by atoms with Gasteiger partial charge in [0.1, 0.15) is 5.75 Å². The highest BCUT2D eigenvalue weighted by molar-refractivity contribution is 5.81. The van der Waals surface area contributed by atoms with Crippen molar-refractivity contribution in [3.8, 4) is 5.75 Å². The summed E-state index contributed by atoms with van der Waals surface area (Å²) in [7, 11) is 0. The number of rotatable bonds is 5. The van der Waals surface area contributed by atoms with Gasteiger partial charge in [0.15, 0.2) is 6.10 Å². The molecule has 2 aromatic rings. The van der Waals surface area contributed by atoms with E-state index in [1.807, 2.05) is 25.1 Å². The molecule has 1 N–H and O–H groups in total. The van der Waals surface area contributed by atoms with Gasteiger partial charge in [-0.15, -0.1) is 0 Å². The Balaban J connectivity index is 1.62. The van der Waals surface area contributed by atoms with E-state index in [2.05, 4.69) is 36.5 Å². The average molecular weight is 337 g/mol. The smallest absolute Gasteiger partial charge is 0.261 e. The third-order valence-corrected chi connectivity index (χ3v) is 5.02. The number of hydrogen-bond acceptors (Lipinski definition) is 2. The fourth-order valence-electron chi connectivity index (χ4n) is 3.52. The molecular formula is C22H27NO2. The van der Waals surface area contributed by atoms with Crippen LogP contribution in [0.15, 0.2) is 42.5 Å². The van der Waals surface area contributed by atoms with Crippen LogP contribution in [-0.4, -0.2) is 12.0 Å². The Kier molecular flexibility index (Phi) is 5.42. The van der Waals surface area contributed by atoms with Crippen molar-refractivity contribution in [3.63, 3.8) is 0 Å². The van der Waals surface area contributed by atoms with Gasteiger partial charge in [0.25, 0.3) is 5.91 Å². The molecule has 0 aliphatic heterocycles. The second-order valence-corrected chi connectivity index (χ2v) is 6.98. The number of carbonyl (C=O) groups excluding carboxylic acids is 1. The molecule has 0 unspecified atom stereocenters. The molecule has 0 saturated heterocycles. The lowest BCUT2D eigenvalue weighted by Gasteiger charge is -2.21. The normalized spacial score (nSPS) is 15.8. The van der Waals surface area contributed by atoms with Crippen molar-refractivity contribution in [2.45, 2.75) is 58.6 Å². The molecule has 0 aromatic heterocycles. The average Bonchev–Trinajstić information content (AvgIpc) is 2.61. The van der Waals surface area contributed by atoms with Gasteiger partial charge in [-0.25, -0.2) is 0 Å². The van der Waals surface area contributed by atoms with Gasteiger partial charge in [0.05, 0.1) is 6.04 Å². The van der Waals surface area contributed by atoms with E-state index < -0.39 is 6.10 Å². The molecule has 0 bridgehead atoms. The predicted molar refractivity (Wildman–Crippen MR) is 101 cm³/mol. The first-order valence-corrected chi connectivity index (χ1v) is 9.19. The molecule has 2 atom stereocenters. The zero-order valence-electron chi connectivity index (χ0n) is 15.3. The topological polar surface area (TPSA) is 38.3 Å². The third-order valence-electron chi connectivity index (χ3n) is 5.02. The van der Waals surface area contributed by atoms with Crippen molar-refractivity contribution < 1.29 is 9.53 Å². The Labute approximate surface area is 150 Å². The number of amides is 1. The van der Waals surface area contributed by atoms with Crippen LogP contribution >= 0.6 is 0 Å². The molecule has 1 amide bonds. The molecule has 0 radical (unpaired) electrons. The lowest BCUT2D eigenvalue weighted by Crippen LogP contribution is -2.38. The summed E-state index contributed by atoms with van der Waals surface area (Å²) in [6, 6.07) is 14.3. The standard InChI is InChI=1S/C22H27NO2/c1-15-8-4-7-11-21(15)16(2)23-22(24)17(3)25-20-13-12-18-9-5-6-10-19(18)14-20/h4,7-8,11-14,16-17H,5-6,9-10H2,1-3H3,(H,23,24)/t16-,17-/m1/s1. The molecule has 3 heteroatoms. The maximum Gasteiger partial charge on any atom is 0.261 e. The molecule has 25 heavy (non-hydrogen) atoms. The number of ether oxygens (including phenoxy) is 1. The number of hydrogen-bond donors (Lipinski definition) is 1. The van der Waals surface area contributed by atoms with Crippen molar-refractivity contribution in [3.05, 3.63) is 64.7 Å². The van der Waals surface area contributed by atoms with E-state index in [1.165, 1.54) is 29.5 Å². The molecular weight excluding hydrogens is 310 g/mol. The van der Waals surface area contributed by atoms with E-state index in [4.69, 9.17) is 4.74 Å². The van der Waals surface area contributed by atoms with Crippen LogP contribution in [0, 0.1) is 6.92 Å². The van der Waals surface area contributed by atoms with Gasteiger partial charge in [0.2, 0.25) is 0 Å². The number of fused-ring (bicyclic) bond motifs is 1. The highest BCUT2D eigenvalue weighted by atomic mass is 16.5. The SMILES string of the molecule is Cc1ccccc1[C@@H](C)NC(=O)[C@@H](C)Oc1ccc2c(c1)CCCC2. The summed E-state index contributed by atoms with van der Waals surface area (Å²) in [6.07, 6.45) is 4.24. The monoisotopic (exact) mass is 337 g/mol. The van der Waals surface area contributed by atoms with E-state index in [0.717, 1.165) is 24.2 Å². The quantitative estimate of drug-likeness (QED) is 0.871. The Morgan fingerprint density at radius 3 is 2.52 bits per heavy atom. The van der Waals surface area contributed by atoms with Crippen molar-refractivity contribution in [2.24, 2.45) is 0 Å². The van der Waals surface area contributed by atoms with Crippen LogP contribution in [-0.2, 0) is 17.6 Å². The first-order valence-electron chi connectivity index (χ1n) is 9.19. The molecule has 1 aliphatic carbocycles. The fraction of sp³-hybridized carbons (Fsp3) is 0.409.